The lowest BCUT2D eigenvalue weighted by Crippen LogP contribution is -2.41. The number of alkyl halides is 3. The summed E-state index contributed by atoms with van der Waals surface area (Å²) in [5, 5.41) is 2.79. The van der Waals surface area contributed by atoms with Gasteiger partial charge in [-0.25, -0.2) is 12.8 Å². The molecule has 2 aromatic rings. The van der Waals surface area contributed by atoms with Crippen LogP contribution in [0.25, 0.3) is 0 Å². The Morgan fingerprint density at radius 1 is 1.19 bits per heavy atom. The highest BCUT2D eigenvalue weighted by molar-refractivity contribution is 7.98. The highest BCUT2D eigenvalue weighted by atomic mass is 35.5. The second-order valence-corrected chi connectivity index (χ2v) is 9.84. The second kappa shape index (κ2) is 10.6. The van der Waals surface area contributed by atoms with Gasteiger partial charge in [-0.15, -0.1) is 0 Å². The largest absolute Gasteiger partial charge is 0.416 e. The molecule has 0 aromatic heterocycles. The van der Waals surface area contributed by atoms with Gasteiger partial charge in [0.2, 0.25) is 15.9 Å². The Morgan fingerprint density at radius 2 is 1.87 bits per heavy atom. The SMILES string of the molecule is CS(=O)(=O)N(CC(=O)NCCSCc1c(F)cccc1Cl)c1cccc(C(F)(F)F)c1. The van der Waals surface area contributed by atoms with Crippen LogP contribution in [0, 0.1) is 5.82 Å². The molecule has 0 aliphatic carbocycles. The van der Waals surface area contributed by atoms with Gasteiger partial charge in [-0.3, -0.25) is 9.10 Å². The molecule has 0 aliphatic heterocycles. The first kappa shape index (κ1) is 25.3. The Bertz CT molecular complexity index is 1010. The number of rotatable bonds is 9. The lowest BCUT2D eigenvalue weighted by molar-refractivity contribution is -0.137. The van der Waals surface area contributed by atoms with E-state index in [2.05, 4.69) is 5.32 Å². The summed E-state index contributed by atoms with van der Waals surface area (Å²) in [7, 11) is -4.01. The number of benzene rings is 2. The summed E-state index contributed by atoms with van der Waals surface area (Å²) in [6, 6.07) is 8.07. The minimum atomic E-state index is -4.65. The van der Waals surface area contributed by atoms with Crippen molar-refractivity contribution in [2.45, 2.75) is 11.9 Å². The number of anilines is 1. The minimum Gasteiger partial charge on any atom is -0.354 e. The number of amides is 1. The Balaban J connectivity index is 1.94. The van der Waals surface area contributed by atoms with Crippen molar-refractivity contribution in [3.05, 3.63) is 64.4 Å². The van der Waals surface area contributed by atoms with Gasteiger partial charge >= 0.3 is 6.18 Å². The van der Waals surface area contributed by atoms with Gasteiger partial charge in [-0.1, -0.05) is 23.7 Å². The van der Waals surface area contributed by atoms with Gasteiger partial charge in [0.1, 0.15) is 12.4 Å². The number of halogens is 5. The smallest absolute Gasteiger partial charge is 0.354 e. The Labute approximate surface area is 186 Å². The fourth-order valence-corrected chi connectivity index (χ4v) is 4.58. The molecule has 0 unspecified atom stereocenters. The number of nitrogens with zero attached hydrogens (tertiary/aromatic N) is 1. The van der Waals surface area contributed by atoms with Gasteiger partial charge in [0.15, 0.2) is 0 Å². The molecule has 1 amide bonds. The van der Waals surface area contributed by atoms with Crippen LogP contribution in [0.4, 0.5) is 23.2 Å². The zero-order chi connectivity index (χ0) is 23.2. The second-order valence-electron chi connectivity index (χ2n) is 6.42. The van der Waals surface area contributed by atoms with E-state index >= 15 is 0 Å². The molecule has 0 atom stereocenters. The topological polar surface area (TPSA) is 66.5 Å². The number of thioether (sulfide) groups is 1. The fourth-order valence-electron chi connectivity index (χ4n) is 2.53. The van der Waals surface area contributed by atoms with Gasteiger partial charge in [0.25, 0.3) is 0 Å². The van der Waals surface area contributed by atoms with Crippen molar-refractivity contribution in [2.24, 2.45) is 0 Å². The van der Waals surface area contributed by atoms with Crippen LogP contribution >= 0.6 is 23.4 Å². The molecule has 1 N–H and O–H groups in total. The summed E-state index contributed by atoms with van der Waals surface area (Å²) in [5.74, 6) is -0.457. The molecule has 0 fully saturated rings. The van der Waals surface area contributed by atoms with Crippen LogP contribution in [-0.4, -0.2) is 39.4 Å². The van der Waals surface area contributed by atoms with Gasteiger partial charge in [0, 0.05) is 28.6 Å². The highest BCUT2D eigenvalue weighted by Crippen LogP contribution is 2.32. The fraction of sp³-hybridized carbons (Fsp3) is 0.316. The third kappa shape index (κ3) is 7.58. The molecule has 0 heterocycles. The van der Waals surface area contributed by atoms with Crippen molar-refractivity contribution in [3.63, 3.8) is 0 Å². The van der Waals surface area contributed by atoms with E-state index < -0.39 is 40.0 Å². The number of hydrogen-bond donors (Lipinski definition) is 1. The van der Waals surface area contributed by atoms with E-state index in [0.717, 1.165) is 18.4 Å². The van der Waals surface area contributed by atoms with Crippen molar-refractivity contribution in [1.29, 1.82) is 0 Å². The molecule has 12 heteroatoms. The van der Waals surface area contributed by atoms with Crippen LogP contribution < -0.4 is 9.62 Å². The van der Waals surface area contributed by atoms with E-state index in [4.69, 9.17) is 11.6 Å². The predicted molar refractivity (Wildman–Crippen MR) is 114 cm³/mol. The lowest BCUT2D eigenvalue weighted by Gasteiger charge is -2.22. The molecule has 170 valence electrons. The summed E-state index contributed by atoms with van der Waals surface area (Å²) in [4.78, 5) is 12.2. The normalized spacial score (nSPS) is 11.9. The maximum Gasteiger partial charge on any atom is 0.416 e. The monoisotopic (exact) mass is 498 g/mol. The average Bonchev–Trinajstić information content (AvgIpc) is 2.66. The van der Waals surface area contributed by atoms with E-state index in [1.165, 1.54) is 30.0 Å². The van der Waals surface area contributed by atoms with E-state index in [1.807, 2.05) is 0 Å². The molecule has 2 rings (SSSR count). The number of carbonyl (C=O) groups excluding carboxylic acids is 1. The van der Waals surface area contributed by atoms with Gasteiger partial charge < -0.3 is 5.32 Å². The van der Waals surface area contributed by atoms with Crippen molar-refractivity contribution in [2.75, 3.05) is 29.4 Å². The molecule has 0 radical (unpaired) electrons. The van der Waals surface area contributed by atoms with Crippen LogP contribution in [0.15, 0.2) is 42.5 Å². The summed E-state index contributed by atoms with van der Waals surface area (Å²) in [6.45, 7) is -0.528. The zero-order valence-corrected chi connectivity index (χ0v) is 18.6. The Kier molecular flexibility index (Phi) is 8.61. The number of nitrogens with one attached hydrogen (secondary N) is 1. The van der Waals surface area contributed by atoms with Crippen molar-refractivity contribution in [3.8, 4) is 0 Å². The van der Waals surface area contributed by atoms with E-state index in [-0.39, 0.29) is 18.0 Å². The van der Waals surface area contributed by atoms with E-state index in [1.54, 1.807) is 6.07 Å². The van der Waals surface area contributed by atoms with Crippen LogP contribution in [0.1, 0.15) is 11.1 Å². The van der Waals surface area contributed by atoms with Gasteiger partial charge in [0.05, 0.1) is 17.5 Å². The molecule has 0 saturated carbocycles. The van der Waals surface area contributed by atoms with Crippen LogP contribution in [0.5, 0.6) is 0 Å². The molecule has 0 bridgehead atoms. The van der Waals surface area contributed by atoms with Crippen molar-refractivity contribution >= 4 is 45.0 Å². The van der Waals surface area contributed by atoms with Crippen molar-refractivity contribution in [1.82, 2.24) is 5.32 Å². The third-order valence-corrected chi connectivity index (χ3v) is 6.51. The van der Waals surface area contributed by atoms with Crippen molar-refractivity contribution < 1.29 is 30.8 Å². The number of carbonyl (C=O) groups is 1. The minimum absolute atomic E-state index is 0.149. The summed E-state index contributed by atoms with van der Waals surface area (Å²) in [5.41, 5.74) is -0.952. The third-order valence-electron chi connectivity index (χ3n) is 4.03. The van der Waals surface area contributed by atoms with Gasteiger partial charge in [-0.05, 0) is 30.3 Å². The summed E-state index contributed by atoms with van der Waals surface area (Å²) in [6.07, 6.45) is -3.85. The molecule has 0 spiro atoms. The first-order valence-electron chi connectivity index (χ1n) is 8.82. The molecular formula is C19H19ClF4N2O3S2. The summed E-state index contributed by atoms with van der Waals surface area (Å²) < 4.78 is 77.1. The highest BCUT2D eigenvalue weighted by Gasteiger charge is 2.32. The van der Waals surface area contributed by atoms with Crippen LogP contribution in [-0.2, 0) is 26.7 Å². The molecule has 0 saturated heterocycles. The van der Waals surface area contributed by atoms with Crippen LogP contribution in [0.3, 0.4) is 0 Å². The maximum atomic E-state index is 13.7. The molecule has 0 aliphatic rings. The molecular weight excluding hydrogens is 480 g/mol. The maximum absolute atomic E-state index is 13.7. The Hall–Kier alpha value is -1.98. The zero-order valence-electron chi connectivity index (χ0n) is 16.2. The van der Waals surface area contributed by atoms with E-state index in [9.17, 15) is 30.8 Å². The Morgan fingerprint density at radius 3 is 2.48 bits per heavy atom. The molecule has 2 aromatic carbocycles. The average molecular weight is 499 g/mol. The quantitative estimate of drug-likeness (QED) is 0.413. The lowest BCUT2D eigenvalue weighted by atomic mass is 10.2. The first-order valence-corrected chi connectivity index (χ1v) is 12.2. The van der Waals surface area contributed by atoms with Gasteiger partial charge in [-0.2, -0.15) is 24.9 Å². The van der Waals surface area contributed by atoms with Crippen LogP contribution in [0.2, 0.25) is 5.02 Å². The summed E-state index contributed by atoms with van der Waals surface area (Å²) >= 11 is 7.24. The number of sulfonamides is 1. The first-order chi connectivity index (χ1) is 14.4. The molecule has 31 heavy (non-hydrogen) atoms. The predicted octanol–water partition coefficient (Wildman–Crippen LogP) is 4.31. The standard InChI is InChI=1S/C19H19ClF4N2O3S2/c1-31(28,29)26(14-5-2-4-13(10-14)19(22,23)24)11-18(27)25-8-9-30-12-15-16(20)6-3-7-17(15)21/h2-7,10H,8-9,11-12H2,1H3,(H,25,27). The number of hydrogen-bond acceptors (Lipinski definition) is 4. The molecule has 5 nitrogen and oxygen atoms in total. The van der Waals surface area contributed by atoms with E-state index in [0.29, 0.717) is 26.7 Å².